The minimum atomic E-state index is -3.67. The molecule has 0 aliphatic heterocycles. The number of rotatable bonds is 5. The number of halogens is 2. The molecule has 2 heterocycles. The highest BCUT2D eigenvalue weighted by atomic mass is 35.5. The summed E-state index contributed by atoms with van der Waals surface area (Å²) in [5.41, 5.74) is 0. The van der Waals surface area contributed by atoms with Gasteiger partial charge in [-0.25, -0.2) is 13.4 Å². The van der Waals surface area contributed by atoms with Gasteiger partial charge in [0.15, 0.2) is 0 Å². The highest BCUT2D eigenvalue weighted by Crippen LogP contribution is 2.27. The van der Waals surface area contributed by atoms with Crippen molar-refractivity contribution in [3.05, 3.63) is 44.8 Å². The number of pyridine rings is 1. The lowest BCUT2D eigenvalue weighted by molar-refractivity contribution is 0.426. The molecule has 2 aromatic heterocycles. The van der Waals surface area contributed by atoms with Gasteiger partial charge in [0, 0.05) is 24.2 Å². The van der Waals surface area contributed by atoms with Gasteiger partial charge in [0.05, 0.1) is 4.34 Å². The fourth-order valence-electron chi connectivity index (χ4n) is 1.68. The van der Waals surface area contributed by atoms with Gasteiger partial charge < -0.3 is 0 Å². The average Bonchev–Trinajstić information content (AvgIpc) is 2.81. The van der Waals surface area contributed by atoms with Gasteiger partial charge in [-0.05, 0) is 24.3 Å². The molecular formula is C12H12Cl2N2O2S2. The fourth-order valence-corrected chi connectivity index (χ4v) is 4.72. The number of hydrogen-bond donors (Lipinski definition) is 0. The topological polar surface area (TPSA) is 50.3 Å². The third-order valence-corrected chi connectivity index (χ3v) is 6.24. The van der Waals surface area contributed by atoms with E-state index in [1.54, 1.807) is 19.1 Å². The summed E-state index contributed by atoms with van der Waals surface area (Å²) in [6, 6.07) is 6.57. The summed E-state index contributed by atoms with van der Waals surface area (Å²) in [6.45, 7) is 2.38. The van der Waals surface area contributed by atoms with E-state index in [-0.39, 0.29) is 16.6 Å². The van der Waals surface area contributed by atoms with Crippen LogP contribution in [0.4, 0.5) is 0 Å². The highest BCUT2D eigenvalue weighted by molar-refractivity contribution is 7.89. The van der Waals surface area contributed by atoms with Crippen molar-refractivity contribution in [1.29, 1.82) is 0 Å². The van der Waals surface area contributed by atoms with Gasteiger partial charge in [0.25, 0.3) is 0 Å². The van der Waals surface area contributed by atoms with Gasteiger partial charge >= 0.3 is 0 Å². The Labute approximate surface area is 132 Å². The van der Waals surface area contributed by atoms with Crippen LogP contribution in [-0.2, 0) is 16.6 Å². The molecule has 0 radical (unpaired) electrons. The Balaban J connectivity index is 2.33. The predicted molar refractivity (Wildman–Crippen MR) is 81.8 cm³/mol. The maximum atomic E-state index is 12.6. The molecule has 20 heavy (non-hydrogen) atoms. The molecule has 0 atom stereocenters. The van der Waals surface area contributed by atoms with Crippen LogP contribution in [0.2, 0.25) is 9.49 Å². The Morgan fingerprint density at radius 2 is 2.05 bits per heavy atom. The van der Waals surface area contributed by atoms with E-state index >= 15 is 0 Å². The first-order valence-corrected chi connectivity index (χ1v) is 8.81. The molecule has 0 aromatic carbocycles. The lowest BCUT2D eigenvalue weighted by Crippen LogP contribution is -2.30. The van der Waals surface area contributed by atoms with Crippen LogP contribution in [0.25, 0.3) is 0 Å². The zero-order valence-electron chi connectivity index (χ0n) is 10.6. The summed E-state index contributed by atoms with van der Waals surface area (Å²) in [7, 11) is -3.67. The number of thiophene rings is 1. The Kier molecular flexibility index (Phi) is 5.04. The molecule has 0 saturated heterocycles. The van der Waals surface area contributed by atoms with Crippen LogP contribution >= 0.6 is 34.5 Å². The lowest BCUT2D eigenvalue weighted by Gasteiger charge is -2.20. The largest absolute Gasteiger partial charge is 0.246 e. The SMILES string of the molecule is CCN(Cc1ccc(Cl)s1)S(=O)(=O)c1cccnc1Cl. The first-order chi connectivity index (χ1) is 9.45. The van der Waals surface area contributed by atoms with Gasteiger partial charge in [0.1, 0.15) is 10.0 Å². The number of aromatic nitrogens is 1. The monoisotopic (exact) mass is 350 g/mol. The maximum absolute atomic E-state index is 12.6. The number of nitrogens with zero attached hydrogens (tertiary/aromatic N) is 2. The molecule has 8 heteroatoms. The van der Waals surface area contributed by atoms with Crippen molar-refractivity contribution in [3.8, 4) is 0 Å². The normalized spacial score (nSPS) is 12.0. The van der Waals surface area contributed by atoms with Crippen LogP contribution in [0.15, 0.2) is 35.4 Å². The smallest absolute Gasteiger partial charge is 0.243 e. The third kappa shape index (κ3) is 3.32. The van der Waals surface area contributed by atoms with E-state index < -0.39 is 10.0 Å². The molecule has 0 aliphatic carbocycles. The molecule has 0 N–H and O–H groups in total. The van der Waals surface area contributed by atoms with Crippen molar-refractivity contribution in [3.63, 3.8) is 0 Å². The average molecular weight is 351 g/mol. The second kappa shape index (κ2) is 6.41. The first kappa shape index (κ1) is 15.7. The molecule has 4 nitrogen and oxygen atoms in total. The minimum absolute atomic E-state index is 0.0184. The molecule has 2 rings (SSSR count). The fraction of sp³-hybridized carbons (Fsp3) is 0.250. The van der Waals surface area contributed by atoms with Gasteiger partial charge in [-0.15, -0.1) is 11.3 Å². The number of hydrogen-bond acceptors (Lipinski definition) is 4. The van der Waals surface area contributed by atoms with E-state index in [0.29, 0.717) is 10.9 Å². The maximum Gasteiger partial charge on any atom is 0.246 e. The standard InChI is InChI=1S/C12H12Cl2N2O2S2/c1-2-16(8-9-5-6-11(13)19-9)20(17,18)10-4-3-7-15-12(10)14/h3-7H,2,8H2,1H3. The van der Waals surface area contributed by atoms with E-state index in [0.717, 1.165) is 4.88 Å². The second-order valence-electron chi connectivity index (χ2n) is 3.93. The van der Waals surface area contributed by atoms with E-state index in [4.69, 9.17) is 23.2 Å². The van der Waals surface area contributed by atoms with Gasteiger partial charge in [-0.1, -0.05) is 30.1 Å². The molecule has 0 unspecified atom stereocenters. The summed E-state index contributed by atoms with van der Waals surface area (Å²) >= 11 is 13.1. The Bertz CT molecular complexity index is 701. The minimum Gasteiger partial charge on any atom is -0.243 e. The van der Waals surface area contributed by atoms with E-state index in [1.165, 1.54) is 27.9 Å². The van der Waals surface area contributed by atoms with Crippen LogP contribution < -0.4 is 0 Å². The first-order valence-electron chi connectivity index (χ1n) is 5.80. The molecule has 0 saturated carbocycles. The van der Waals surface area contributed by atoms with Crippen molar-refractivity contribution in [2.75, 3.05) is 6.54 Å². The molecule has 2 aromatic rings. The van der Waals surface area contributed by atoms with Gasteiger partial charge in [-0.3, -0.25) is 0 Å². The molecule has 0 fully saturated rings. The lowest BCUT2D eigenvalue weighted by atomic mass is 10.4. The summed E-state index contributed by atoms with van der Waals surface area (Å²) in [6.07, 6.45) is 1.46. The summed E-state index contributed by atoms with van der Waals surface area (Å²) < 4.78 is 27.1. The molecule has 0 aliphatic rings. The van der Waals surface area contributed by atoms with Crippen molar-refractivity contribution >= 4 is 44.6 Å². The van der Waals surface area contributed by atoms with E-state index in [1.807, 2.05) is 6.07 Å². The molecule has 0 bridgehead atoms. The highest BCUT2D eigenvalue weighted by Gasteiger charge is 2.26. The summed E-state index contributed by atoms with van der Waals surface area (Å²) in [4.78, 5) is 4.71. The Morgan fingerprint density at radius 1 is 1.30 bits per heavy atom. The molecular weight excluding hydrogens is 339 g/mol. The van der Waals surface area contributed by atoms with E-state index in [9.17, 15) is 8.42 Å². The zero-order valence-corrected chi connectivity index (χ0v) is 13.7. The zero-order chi connectivity index (χ0) is 14.8. The van der Waals surface area contributed by atoms with Crippen LogP contribution in [0.1, 0.15) is 11.8 Å². The van der Waals surface area contributed by atoms with Crippen LogP contribution in [0, 0.1) is 0 Å². The predicted octanol–water partition coefficient (Wildman–Crippen LogP) is 3.66. The van der Waals surface area contributed by atoms with Crippen molar-refractivity contribution in [1.82, 2.24) is 9.29 Å². The van der Waals surface area contributed by atoms with Crippen LogP contribution in [-0.4, -0.2) is 24.3 Å². The molecule has 0 amide bonds. The number of sulfonamides is 1. The van der Waals surface area contributed by atoms with Gasteiger partial charge in [-0.2, -0.15) is 4.31 Å². The molecule has 0 spiro atoms. The Morgan fingerprint density at radius 3 is 2.60 bits per heavy atom. The van der Waals surface area contributed by atoms with Crippen LogP contribution in [0.3, 0.4) is 0 Å². The van der Waals surface area contributed by atoms with Crippen molar-refractivity contribution in [2.24, 2.45) is 0 Å². The molecule has 108 valence electrons. The summed E-state index contributed by atoms with van der Waals surface area (Å²) in [5, 5.41) is -0.0184. The van der Waals surface area contributed by atoms with Crippen LogP contribution in [0.5, 0.6) is 0 Å². The van der Waals surface area contributed by atoms with E-state index in [2.05, 4.69) is 4.98 Å². The Hall–Kier alpha value is -0.660. The van der Waals surface area contributed by atoms with Crippen molar-refractivity contribution in [2.45, 2.75) is 18.4 Å². The van der Waals surface area contributed by atoms with Crippen molar-refractivity contribution < 1.29 is 8.42 Å². The second-order valence-corrected chi connectivity index (χ2v) is 7.99. The third-order valence-electron chi connectivity index (χ3n) is 2.66. The van der Waals surface area contributed by atoms with Gasteiger partial charge in [0.2, 0.25) is 10.0 Å². The summed E-state index contributed by atoms with van der Waals surface area (Å²) in [5.74, 6) is 0. The quantitative estimate of drug-likeness (QED) is 0.773.